The molecule has 1 aromatic carbocycles. The lowest BCUT2D eigenvalue weighted by atomic mass is 10.3. The van der Waals surface area contributed by atoms with Crippen molar-refractivity contribution in [3.8, 4) is 5.69 Å². The van der Waals surface area contributed by atoms with Gasteiger partial charge < -0.3 is 0 Å². The molecule has 3 aromatic rings. The molecule has 0 radical (unpaired) electrons. The zero-order chi connectivity index (χ0) is 11.0. The zero-order valence-electron chi connectivity index (χ0n) is 8.34. The van der Waals surface area contributed by atoms with Gasteiger partial charge in [0, 0.05) is 6.20 Å². The van der Waals surface area contributed by atoms with Crippen LogP contribution >= 0.6 is 0 Å². The molecule has 3 nitrogen and oxygen atoms in total. The first kappa shape index (κ1) is 9.03. The molecule has 0 aliphatic heterocycles. The van der Waals surface area contributed by atoms with Crippen molar-refractivity contribution in [1.29, 1.82) is 0 Å². The monoisotopic (exact) mass is 213 g/mol. The van der Waals surface area contributed by atoms with E-state index in [0.29, 0.717) is 0 Å². The van der Waals surface area contributed by atoms with Crippen LogP contribution in [0, 0.1) is 5.82 Å². The first-order valence-electron chi connectivity index (χ1n) is 4.89. The highest BCUT2D eigenvalue weighted by Gasteiger charge is 2.04. The molecule has 0 bridgehead atoms. The Bertz CT molecular complexity index is 628. The van der Waals surface area contributed by atoms with Gasteiger partial charge in [-0.2, -0.15) is 5.10 Å². The highest BCUT2D eigenvalue weighted by atomic mass is 19.1. The number of halogens is 1. The summed E-state index contributed by atoms with van der Waals surface area (Å²) in [5.41, 5.74) is 2.56. The molecule has 3 rings (SSSR count). The molecular weight excluding hydrogens is 205 g/mol. The molecule has 0 aliphatic rings. The molecule has 0 aliphatic carbocycles. The highest BCUT2D eigenvalue weighted by molar-refractivity contribution is 5.75. The van der Waals surface area contributed by atoms with Gasteiger partial charge in [0.2, 0.25) is 0 Å². The number of hydrogen-bond donors (Lipinski definition) is 0. The second-order valence-corrected chi connectivity index (χ2v) is 3.44. The minimum Gasteiger partial charge on any atom is -0.253 e. The number of benzene rings is 1. The van der Waals surface area contributed by atoms with Gasteiger partial charge in [-0.1, -0.05) is 0 Å². The molecule has 0 spiro atoms. The van der Waals surface area contributed by atoms with Crippen molar-refractivity contribution in [2.75, 3.05) is 0 Å². The maximum Gasteiger partial charge on any atom is 0.123 e. The molecule has 0 saturated carbocycles. The van der Waals surface area contributed by atoms with E-state index in [0.717, 1.165) is 16.7 Å². The van der Waals surface area contributed by atoms with Crippen molar-refractivity contribution < 1.29 is 4.39 Å². The van der Waals surface area contributed by atoms with E-state index < -0.39 is 0 Å². The molecule has 0 saturated heterocycles. The van der Waals surface area contributed by atoms with Crippen molar-refractivity contribution in [3.05, 3.63) is 54.6 Å². The van der Waals surface area contributed by atoms with Crippen molar-refractivity contribution >= 4 is 11.0 Å². The fourth-order valence-electron chi connectivity index (χ4n) is 1.65. The van der Waals surface area contributed by atoms with Crippen LogP contribution in [0.4, 0.5) is 4.39 Å². The van der Waals surface area contributed by atoms with Gasteiger partial charge in [0.25, 0.3) is 0 Å². The molecule has 2 heterocycles. The lowest BCUT2D eigenvalue weighted by Gasteiger charge is -2.02. The molecule has 0 N–H and O–H groups in total. The fraction of sp³-hybridized carbons (Fsp3) is 0. The van der Waals surface area contributed by atoms with Gasteiger partial charge in [0.15, 0.2) is 0 Å². The Hall–Kier alpha value is -2.23. The molecule has 0 amide bonds. The van der Waals surface area contributed by atoms with Crippen LogP contribution in [0.5, 0.6) is 0 Å². The Labute approximate surface area is 91.2 Å². The van der Waals surface area contributed by atoms with E-state index >= 15 is 0 Å². The summed E-state index contributed by atoms with van der Waals surface area (Å²) in [5, 5.41) is 4.23. The standard InChI is InChI=1S/C12H8FN3/c13-9-3-5-10(6-4-9)16-12-2-1-7-14-11(12)8-15-16/h1-8H. The van der Waals surface area contributed by atoms with Crippen LogP contribution in [0.3, 0.4) is 0 Å². The summed E-state index contributed by atoms with van der Waals surface area (Å²) in [6.07, 6.45) is 3.41. The Kier molecular flexibility index (Phi) is 1.93. The molecule has 16 heavy (non-hydrogen) atoms. The third kappa shape index (κ3) is 1.35. The second-order valence-electron chi connectivity index (χ2n) is 3.44. The summed E-state index contributed by atoms with van der Waals surface area (Å²) in [6, 6.07) is 9.99. The van der Waals surface area contributed by atoms with E-state index in [1.165, 1.54) is 12.1 Å². The van der Waals surface area contributed by atoms with Crippen LogP contribution in [0.2, 0.25) is 0 Å². The van der Waals surface area contributed by atoms with Crippen molar-refractivity contribution in [1.82, 2.24) is 14.8 Å². The highest BCUT2D eigenvalue weighted by Crippen LogP contribution is 2.16. The van der Waals surface area contributed by atoms with Crippen LogP contribution in [-0.2, 0) is 0 Å². The lowest BCUT2D eigenvalue weighted by Crippen LogP contribution is -1.95. The number of nitrogens with zero attached hydrogens (tertiary/aromatic N) is 3. The smallest absolute Gasteiger partial charge is 0.123 e. The van der Waals surface area contributed by atoms with E-state index in [2.05, 4.69) is 10.1 Å². The van der Waals surface area contributed by atoms with Crippen LogP contribution in [0.25, 0.3) is 16.7 Å². The summed E-state index contributed by atoms with van der Waals surface area (Å²) >= 11 is 0. The molecular formula is C12H8FN3. The summed E-state index contributed by atoms with van der Waals surface area (Å²) < 4.78 is 14.5. The van der Waals surface area contributed by atoms with E-state index in [1.807, 2.05) is 12.1 Å². The van der Waals surface area contributed by atoms with Crippen LogP contribution < -0.4 is 0 Å². The summed E-state index contributed by atoms with van der Waals surface area (Å²) in [5.74, 6) is -0.252. The fourth-order valence-corrected chi connectivity index (χ4v) is 1.65. The van der Waals surface area contributed by atoms with E-state index in [1.54, 1.807) is 29.2 Å². The maximum absolute atomic E-state index is 12.8. The van der Waals surface area contributed by atoms with Crippen molar-refractivity contribution in [3.63, 3.8) is 0 Å². The summed E-state index contributed by atoms with van der Waals surface area (Å²) in [4.78, 5) is 4.19. The normalized spacial score (nSPS) is 10.8. The van der Waals surface area contributed by atoms with Gasteiger partial charge in [-0.05, 0) is 36.4 Å². The SMILES string of the molecule is Fc1ccc(-n2ncc3ncccc32)cc1. The summed E-state index contributed by atoms with van der Waals surface area (Å²) in [7, 11) is 0. The van der Waals surface area contributed by atoms with Gasteiger partial charge in [-0.3, -0.25) is 4.98 Å². The molecule has 0 unspecified atom stereocenters. The predicted molar refractivity (Wildman–Crippen MR) is 58.8 cm³/mol. The van der Waals surface area contributed by atoms with Gasteiger partial charge in [-0.25, -0.2) is 9.07 Å². The van der Waals surface area contributed by atoms with E-state index in [4.69, 9.17) is 0 Å². The third-order valence-electron chi connectivity index (χ3n) is 2.41. The van der Waals surface area contributed by atoms with Gasteiger partial charge in [0.1, 0.15) is 11.3 Å². The van der Waals surface area contributed by atoms with E-state index in [9.17, 15) is 4.39 Å². The molecule has 2 aromatic heterocycles. The van der Waals surface area contributed by atoms with Crippen molar-refractivity contribution in [2.24, 2.45) is 0 Å². The molecule has 78 valence electrons. The molecule has 0 fully saturated rings. The van der Waals surface area contributed by atoms with Crippen LogP contribution in [0.1, 0.15) is 0 Å². The van der Waals surface area contributed by atoms with Gasteiger partial charge in [-0.15, -0.1) is 0 Å². The van der Waals surface area contributed by atoms with E-state index in [-0.39, 0.29) is 5.82 Å². The topological polar surface area (TPSA) is 30.7 Å². The number of hydrogen-bond acceptors (Lipinski definition) is 2. The summed E-state index contributed by atoms with van der Waals surface area (Å²) in [6.45, 7) is 0. The number of pyridine rings is 1. The lowest BCUT2D eigenvalue weighted by molar-refractivity contribution is 0.627. The Morgan fingerprint density at radius 3 is 2.69 bits per heavy atom. The average Bonchev–Trinajstić information content (AvgIpc) is 2.74. The number of fused-ring (bicyclic) bond motifs is 1. The molecule has 4 heteroatoms. The zero-order valence-corrected chi connectivity index (χ0v) is 8.34. The van der Waals surface area contributed by atoms with Crippen molar-refractivity contribution in [2.45, 2.75) is 0 Å². The first-order chi connectivity index (χ1) is 7.84. The minimum absolute atomic E-state index is 0.252. The number of rotatable bonds is 1. The van der Waals surface area contributed by atoms with Gasteiger partial charge in [0.05, 0.1) is 17.4 Å². The minimum atomic E-state index is -0.252. The first-order valence-corrected chi connectivity index (χ1v) is 4.89. The third-order valence-corrected chi connectivity index (χ3v) is 2.41. The average molecular weight is 213 g/mol. The number of aromatic nitrogens is 3. The second kappa shape index (κ2) is 3.41. The van der Waals surface area contributed by atoms with Crippen LogP contribution in [0.15, 0.2) is 48.8 Å². The Balaban J connectivity index is 2.22. The van der Waals surface area contributed by atoms with Crippen LogP contribution in [-0.4, -0.2) is 14.8 Å². The Morgan fingerprint density at radius 1 is 1.06 bits per heavy atom. The largest absolute Gasteiger partial charge is 0.253 e. The van der Waals surface area contributed by atoms with Gasteiger partial charge >= 0.3 is 0 Å². The Morgan fingerprint density at radius 2 is 1.88 bits per heavy atom. The molecule has 0 atom stereocenters. The maximum atomic E-state index is 12.8. The quantitative estimate of drug-likeness (QED) is 0.622. The predicted octanol–water partition coefficient (Wildman–Crippen LogP) is 2.56.